The van der Waals surface area contributed by atoms with E-state index in [1.54, 1.807) is 13.8 Å². The second-order valence-electron chi connectivity index (χ2n) is 4.11. The van der Waals surface area contributed by atoms with Gasteiger partial charge in [0.25, 0.3) is 0 Å². The number of ether oxygens (including phenoxy) is 3. The number of carbonyl (C=O) groups excluding carboxylic acids is 1. The summed E-state index contributed by atoms with van der Waals surface area (Å²) >= 11 is 0. The molecule has 0 unspecified atom stereocenters. The van der Waals surface area contributed by atoms with Gasteiger partial charge >= 0.3 is 5.97 Å². The molecule has 1 heterocycles. The Kier molecular flexibility index (Phi) is 3.63. The number of esters is 1. The molecule has 0 atom stereocenters. The Labute approximate surface area is 99.8 Å². The molecule has 1 saturated heterocycles. The standard InChI is InChI=1S/C11H17NO5/c1-3-14-10(13)9(12-17-8-4-5-8)11(2)15-6-7-16-11/h8H,3-7H2,1-2H3/b12-9-. The Morgan fingerprint density at radius 3 is 2.59 bits per heavy atom. The van der Waals surface area contributed by atoms with Crippen LogP contribution >= 0.6 is 0 Å². The van der Waals surface area contributed by atoms with Gasteiger partial charge in [-0.05, 0) is 26.7 Å². The first-order chi connectivity index (χ1) is 8.15. The minimum absolute atomic E-state index is 0.0451. The summed E-state index contributed by atoms with van der Waals surface area (Å²) in [5, 5.41) is 3.85. The van der Waals surface area contributed by atoms with E-state index in [0.717, 1.165) is 12.8 Å². The molecule has 0 N–H and O–H groups in total. The normalized spacial score (nSPS) is 23.5. The number of rotatable bonds is 5. The van der Waals surface area contributed by atoms with Gasteiger partial charge < -0.3 is 19.0 Å². The summed E-state index contributed by atoms with van der Waals surface area (Å²) in [5.74, 6) is -1.71. The summed E-state index contributed by atoms with van der Waals surface area (Å²) in [6, 6.07) is 0. The molecule has 17 heavy (non-hydrogen) atoms. The fourth-order valence-electron chi connectivity index (χ4n) is 1.46. The molecule has 0 aromatic rings. The highest BCUT2D eigenvalue weighted by Gasteiger charge is 2.43. The van der Waals surface area contributed by atoms with Crippen LogP contribution in [0.5, 0.6) is 0 Å². The Bertz CT molecular complexity index is 318. The van der Waals surface area contributed by atoms with Crippen molar-refractivity contribution in [3.8, 4) is 0 Å². The monoisotopic (exact) mass is 243 g/mol. The number of oxime groups is 1. The van der Waals surface area contributed by atoms with Crippen molar-refractivity contribution in [1.82, 2.24) is 0 Å². The molecule has 0 spiro atoms. The van der Waals surface area contributed by atoms with E-state index in [9.17, 15) is 4.79 Å². The molecule has 96 valence electrons. The lowest BCUT2D eigenvalue weighted by molar-refractivity contribution is -0.141. The van der Waals surface area contributed by atoms with Crippen LogP contribution in [0.15, 0.2) is 5.16 Å². The van der Waals surface area contributed by atoms with Crippen LogP contribution in [0.4, 0.5) is 0 Å². The van der Waals surface area contributed by atoms with Crippen LogP contribution in [0.25, 0.3) is 0 Å². The van der Waals surface area contributed by atoms with Crippen LogP contribution in [0.3, 0.4) is 0 Å². The zero-order valence-electron chi connectivity index (χ0n) is 10.1. The predicted octanol–water partition coefficient (Wildman–Crippen LogP) is 0.847. The summed E-state index contributed by atoms with van der Waals surface area (Å²) in [5.41, 5.74) is 0.0451. The maximum absolute atomic E-state index is 11.8. The van der Waals surface area contributed by atoms with E-state index >= 15 is 0 Å². The van der Waals surface area contributed by atoms with E-state index in [1.807, 2.05) is 0 Å². The number of hydrogen-bond acceptors (Lipinski definition) is 6. The van der Waals surface area contributed by atoms with Gasteiger partial charge in [-0.2, -0.15) is 0 Å². The highest BCUT2D eigenvalue weighted by molar-refractivity contribution is 6.39. The maximum atomic E-state index is 11.8. The third kappa shape index (κ3) is 2.95. The zero-order chi connectivity index (χ0) is 12.3. The third-order valence-electron chi connectivity index (χ3n) is 2.55. The average molecular weight is 243 g/mol. The summed E-state index contributed by atoms with van der Waals surface area (Å²) in [6.07, 6.45) is 2.06. The van der Waals surface area contributed by atoms with Gasteiger partial charge in [-0.3, -0.25) is 0 Å². The summed E-state index contributed by atoms with van der Waals surface area (Å²) in [4.78, 5) is 17.0. The molecule has 0 aromatic heterocycles. The molecule has 1 aliphatic heterocycles. The van der Waals surface area contributed by atoms with Gasteiger partial charge in [0, 0.05) is 0 Å². The second kappa shape index (κ2) is 5.01. The Balaban J connectivity index is 2.09. The average Bonchev–Trinajstić information content (AvgIpc) is 3.01. The van der Waals surface area contributed by atoms with Gasteiger partial charge in [0.1, 0.15) is 6.10 Å². The maximum Gasteiger partial charge on any atom is 0.361 e. The highest BCUT2D eigenvalue weighted by Crippen LogP contribution is 2.26. The molecule has 6 heteroatoms. The lowest BCUT2D eigenvalue weighted by atomic mass is 10.2. The lowest BCUT2D eigenvalue weighted by Gasteiger charge is -2.22. The topological polar surface area (TPSA) is 66.4 Å². The van der Waals surface area contributed by atoms with Crippen molar-refractivity contribution in [3.05, 3.63) is 0 Å². The molecule has 6 nitrogen and oxygen atoms in total. The van der Waals surface area contributed by atoms with E-state index < -0.39 is 11.8 Å². The first-order valence-corrected chi connectivity index (χ1v) is 5.85. The first-order valence-electron chi connectivity index (χ1n) is 5.85. The lowest BCUT2D eigenvalue weighted by Crippen LogP contribution is -2.42. The SMILES string of the molecule is CCOC(=O)/C(=N/OC1CC1)C1(C)OCCO1. The molecule has 1 aliphatic carbocycles. The van der Waals surface area contributed by atoms with Crippen molar-refractivity contribution >= 4 is 11.7 Å². The largest absolute Gasteiger partial charge is 0.461 e. The number of hydrogen-bond donors (Lipinski definition) is 0. The van der Waals surface area contributed by atoms with Crippen LogP contribution in [0, 0.1) is 0 Å². The van der Waals surface area contributed by atoms with E-state index in [4.69, 9.17) is 19.0 Å². The van der Waals surface area contributed by atoms with Crippen molar-refractivity contribution in [2.45, 2.75) is 38.6 Å². The van der Waals surface area contributed by atoms with Crippen molar-refractivity contribution in [3.63, 3.8) is 0 Å². The summed E-state index contributed by atoms with van der Waals surface area (Å²) in [7, 11) is 0. The highest BCUT2D eigenvalue weighted by atomic mass is 16.7. The van der Waals surface area contributed by atoms with Crippen molar-refractivity contribution in [1.29, 1.82) is 0 Å². The van der Waals surface area contributed by atoms with Crippen LogP contribution < -0.4 is 0 Å². The molecule has 0 bridgehead atoms. The molecule has 1 saturated carbocycles. The Morgan fingerprint density at radius 1 is 1.41 bits per heavy atom. The first kappa shape index (κ1) is 12.3. The smallest absolute Gasteiger partial charge is 0.361 e. The third-order valence-corrected chi connectivity index (χ3v) is 2.55. The van der Waals surface area contributed by atoms with Gasteiger partial charge in [-0.1, -0.05) is 5.16 Å². The Morgan fingerprint density at radius 2 is 2.06 bits per heavy atom. The number of nitrogens with zero attached hydrogens (tertiary/aromatic N) is 1. The molecular formula is C11H17NO5. The number of carbonyl (C=O) groups is 1. The van der Waals surface area contributed by atoms with Crippen molar-refractivity contribution in [2.75, 3.05) is 19.8 Å². The quantitative estimate of drug-likeness (QED) is 0.407. The van der Waals surface area contributed by atoms with Gasteiger partial charge in [0.05, 0.1) is 19.8 Å². The minimum Gasteiger partial charge on any atom is -0.461 e. The van der Waals surface area contributed by atoms with E-state index in [0.29, 0.717) is 13.2 Å². The van der Waals surface area contributed by atoms with E-state index in [-0.39, 0.29) is 18.4 Å². The van der Waals surface area contributed by atoms with Gasteiger partial charge in [0.2, 0.25) is 11.5 Å². The molecule has 0 amide bonds. The molecule has 0 aromatic carbocycles. The predicted molar refractivity (Wildman–Crippen MR) is 58.5 cm³/mol. The summed E-state index contributed by atoms with van der Waals surface area (Å²) in [6.45, 7) is 4.51. The summed E-state index contributed by atoms with van der Waals surface area (Å²) < 4.78 is 15.7. The minimum atomic E-state index is -1.15. The van der Waals surface area contributed by atoms with Crippen LogP contribution in [-0.4, -0.2) is 43.4 Å². The second-order valence-corrected chi connectivity index (χ2v) is 4.11. The van der Waals surface area contributed by atoms with Crippen LogP contribution in [-0.2, 0) is 23.8 Å². The van der Waals surface area contributed by atoms with Crippen LogP contribution in [0.1, 0.15) is 26.7 Å². The molecular weight excluding hydrogens is 226 g/mol. The van der Waals surface area contributed by atoms with Gasteiger partial charge in [0.15, 0.2) is 0 Å². The zero-order valence-corrected chi connectivity index (χ0v) is 10.1. The Hall–Kier alpha value is -1.14. The van der Waals surface area contributed by atoms with Crippen molar-refractivity contribution < 1.29 is 23.8 Å². The molecule has 2 rings (SSSR count). The fourth-order valence-corrected chi connectivity index (χ4v) is 1.46. The van der Waals surface area contributed by atoms with Crippen molar-refractivity contribution in [2.24, 2.45) is 5.16 Å². The van der Waals surface area contributed by atoms with Crippen LogP contribution in [0.2, 0.25) is 0 Å². The molecule has 0 radical (unpaired) electrons. The van der Waals surface area contributed by atoms with Gasteiger partial charge in [-0.25, -0.2) is 4.79 Å². The molecule has 2 fully saturated rings. The van der Waals surface area contributed by atoms with Gasteiger partial charge in [-0.15, -0.1) is 0 Å². The van der Waals surface area contributed by atoms with E-state index in [1.165, 1.54) is 0 Å². The van der Waals surface area contributed by atoms with E-state index in [2.05, 4.69) is 5.16 Å². The fraction of sp³-hybridized carbons (Fsp3) is 0.818. The molecule has 2 aliphatic rings.